The van der Waals surface area contributed by atoms with Gasteiger partial charge in [-0.15, -0.1) is 0 Å². The highest BCUT2D eigenvalue weighted by atomic mass is 15.0. The van der Waals surface area contributed by atoms with Gasteiger partial charge in [-0.25, -0.2) is 0 Å². The van der Waals surface area contributed by atoms with Crippen molar-refractivity contribution >= 4 is 10.8 Å². The molecule has 0 saturated carbocycles. The summed E-state index contributed by atoms with van der Waals surface area (Å²) < 4.78 is 0. The summed E-state index contributed by atoms with van der Waals surface area (Å²) in [6, 6.07) is 15.4. The van der Waals surface area contributed by atoms with Crippen molar-refractivity contribution in [1.29, 1.82) is 0 Å². The van der Waals surface area contributed by atoms with Gasteiger partial charge in [-0.3, -0.25) is 0 Å². The van der Waals surface area contributed by atoms with E-state index in [0.29, 0.717) is 5.54 Å². The Morgan fingerprint density at radius 3 is 2.71 bits per heavy atom. The number of hydrogen-bond acceptors (Lipinski definition) is 1. The SMILES string of the molecule is CC1(Cc2ccc3ccccc3c2)CCCN1. The van der Waals surface area contributed by atoms with Crippen LogP contribution < -0.4 is 5.32 Å². The highest BCUT2D eigenvalue weighted by Gasteiger charge is 2.27. The Hall–Kier alpha value is -1.34. The lowest BCUT2D eigenvalue weighted by molar-refractivity contribution is 0.413. The van der Waals surface area contributed by atoms with Crippen LogP contribution in [0.1, 0.15) is 25.3 Å². The van der Waals surface area contributed by atoms with Crippen molar-refractivity contribution in [3.63, 3.8) is 0 Å². The van der Waals surface area contributed by atoms with E-state index < -0.39 is 0 Å². The lowest BCUT2D eigenvalue weighted by atomic mass is 9.90. The zero-order valence-corrected chi connectivity index (χ0v) is 10.4. The van der Waals surface area contributed by atoms with E-state index in [2.05, 4.69) is 54.7 Å². The molecule has 1 fully saturated rings. The third-order valence-electron chi connectivity index (χ3n) is 3.87. The van der Waals surface area contributed by atoms with Gasteiger partial charge >= 0.3 is 0 Å². The maximum Gasteiger partial charge on any atom is 0.0194 e. The van der Waals surface area contributed by atoms with E-state index in [1.165, 1.54) is 35.7 Å². The molecule has 1 saturated heterocycles. The van der Waals surface area contributed by atoms with Crippen LogP contribution in [-0.4, -0.2) is 12.1 Å². The Morgan fingerprint density at radius 2 is 1.94 bits per heavy atom. The summed E-state index contributed by atoms with van der Waals surface area (Å²) in [7, 11) is 0. The minimum atomic E-state index is 0.308. The number of rotatable bonds is 2. The van der Waals surface area contributed by atoms with E-state index in [-0.39, 0.29) is 0 Å². The molecule has 0 aromatic heterocycles. The van der Waals surface area contributed by atoms with Crippen LogP contribution in [0.4, 0.5) is 0 Å². The normalized spacial score (nSPS) is 24.3. The third-order valence-corrected chi connectivity index (χ3v) is 3.87. The van der Waals surface area contributed by atoms with Gasteiger partial charge < -0.3 is 5.32 Å². The Bertz CT molecular complexity index is 524. The van der Waals surface area contributed by atoms with Gasteiger partial charge in [0.25, 0.3) is 0 Å². The quantitative estimate of drug-likeness (QED) is 0.824. The molecular weight excluding hydrogens is 206 g/mol. The molecule has 0 aliphatic carbocycles. The molecular formula is C16H19N. The number of fused-ring (bicyclic) bond motifs is 1. The maximum absolute atomic E-state index is 3.63. The molecule has 1 aliphatic rings. The predicted octanol–water partition coefficient (Wildman–Crippen LogP) is 3.52. The fourth-order valence-corrected chi connectivity index (χ4v) is 2.91. The van der Waals surface area contributed by atoms with E-state index in [1.54, 1.807) is 0 Å². The van der Waals surface area contributed by atoms with Crippen molar-refractivity contribution in [3.05, 3.63) is 48.0 Å². The molecule has 1 heteroatoms. The molecule has 2 aromatic rings. The lowest BCUT2D eigenvalue weighted by Gasteiger charge is -2.24. The first-order chi connectivity index (χ1) is 8.25. The Morgan fingerprint density at radius 1 is 1.12 bits per heavy atom. The Balaban J connectivity index is 1.90. The standard InChI is InChI=1S/C16H19N/c1-16(9-4-10-17-16)12-13-7-8-14-5-2-3-6-15(14)11-13/h2-3,5-8,11,17H,4,9-10,12H2,1H3. The topological polar surface area (TPSA) is 12.0 Å². The summed E-state index contributed by atoms with van der Waals surface area (Å²) in [5.74, 6) is 0. The number of benzene rings is 2. The number of nitrogens with one attached hydrogen (secondary N) is 1. The summed E-state index contributed by atoms with van der Waals surface area (Å²) in [5, 5.41) is 6.32. The summed E-state index contributed by atoms with van der Waals surface area (Å²) >= 11 is 0. The first-order valence-corrected chi connectivity index (χ1v) is 6.48. The molecule has 1 atom stereocenters. The first-order valence-electron chi connectivity index (χ1n) is 6.48. The summed E-state index contributed by atoms with van der Waals surface area (Å²) in [6.07, 6.45) is 3.74. The highest BCUT2D eigenvalue weighted by molar-refractivity contribution is 5.83. The minimum absolute atomic E-state index is 0.308. The summed E-state index contributed by atoms with van der Waals surface area (Å²) in [6.45, 7) is 3.51. The molecule has 3 rings (SSSR count). The van der Waals surface area contributed by atoms with Gasteiger partial charge in [0.15, 0.2) is 0 Å². The molecule has 0 radical (unpaired) electrons. The fourth-order valence-electron chi connectivity index (χ4n) is 2.91. The van der Waals surface area contributed by atoms with Gasteiger partial charge in [0.05, 0.1) is 0 Å². The van der Waals surface area contributed by atoms with E-state index in [0.717, 1.165) is 6.42 Å². The average Bonchev–Trinajstić information content (AvgIpc) is 2.76. The second-order valence-corrected chi connectivity index (χ2v) is 5.45. The lowest BCUT2D eigenvalue weighted by Crippen LogP contribution is -2.38. The molecule has 0 amide bonds. The molecule has 1 unspecified atom stereocenters. The van der Waals surface area contributed by atoms with Gasteiger partial charge in [0.2, 0.25) is 0 Å². The van der Waals surface area contributed by atoms with Crippen LogP contribution in [0, 0.1) is 0 Å². The van der Waals surface area contributed by atoms with Gasteiger partial charge in [0, 0.05) is 5.54 Å². The molecule has 88 valence electrons. The van der Waals surface area contributed by atoms with Crippen LogP contribution in [0.15, 0.2) is 42.5 Å². The number of hydrogen-bond donors (Lipinski definition) is 1. The van der Waals surface area contributed by atoms with Crippen molar-refractivity contribution in [2.24, 2.45) is 0 Å². The summed E-state index contributed by atoms with van der Waals surface area (Å²) in [4.78, 5) is 0. The highest BCUT2D eigenvalue weighted by Crippen LogP contribution is 2.25. The van der Waals surface area contributed by atoms with Crippen LogP contribution in [0.2, 0.25) is 0 Å². The van der Waals surface area contributed by atoms with Gasteiger partial charge in [0.1, 0.15) is 0 Å². The van der Waals surface area contributed by atoms with Gasteiger partial charge in [-0.1, -0.05) is 42.5 Å². The molecule has 2 aromatic carbocycles. The summed E-state index contributed by atoms with van der Waals surface area (Å²) in [5.41, 5.74) is 1.75. The van der Waals surface area contributed by atoms with Crippen LogP contribution in [-0.2, 0) is 6.42 Å². The van der Waals surface area contributed by atoms with Gasteiger partial charge in [-0.2, -0.15) is 0 Å². The van der Waals surface area contributed by atoms with Crippen LogP contribution >= 0.6 is 0 Å². The molecule has 0 spiro atoms. The van der Waals surface area contributed by atoms with Crippen LogP contribution in [0.5, 0.6) is 0 Å². The first kappa shape index (κ1) is 10.8. The van der Waals surface area contributed by atoms with Crippen molar-refractivity contribution in [3.8, 4) is 0 Å². The minimum Gasteiger partial charge on any atom is -0.311 e. The van der Waals surface area contributed by atoms with Gasteiger partial charge in [-0.05, 0) is 49.1 Å². The molecule has 1 nitrogen and oxygen atoms in total. The molecule has 17 heavy (non-hydrogen) atoms. The van der Waals surface area contributed by atoms with Crippen LogP contribution in [0.3, 0.4) is 0 Å². The van der Waals surface area contributed by atoms with Crippen molar-refractivity contribution in [2.45, 2.75) is 31.7 Å². The third kappa shape index (κ3) is 2.20. The fraction of sp³-hybridized carbons (Fsp3) is 0.375. The van der Waals surface area contributed by atoms with E-state index in [9.17, 15) is 0 Å². The van der Waals surface area contributed by atoms with Crippen molar-refractivity contribution in [1.82, 2.24) is 5.32 Å². The molecule has 1 aliphatic heterocycles. The van der Waals surface area contributed by atoms with Crippen molar-refractivity contribution in [2.75, 3.05) is 6.54 Å². The van der Waals surface area contributed by atoms with Crippen LogP contribution in [0.25, 0.3) is 10.8 Å². The predicted molar refractivity (Wildman–Crippen MR) is 73.3 cm³/mol. The largest absolute Gasteiger partial charge is 0.311 e. The molecule has 0 bridgehead atoms. The molecule has 1 N–H and O–H groups in total. The maximum atomic E-state index is 3.63. The second-order valence-electron chi connectivity index (χ2n) is 5.45. The Kier molecular flexibility index (Phi) is 2.64. The van der Waals surface area contributed by atoms with Crippen molar-refractivity contribution < 1.29 is 0 Å². The smallest absolute Gasteiger partial charge is 0.0194 e. The van der Waals surface area contributed by atoms with E-state index >= 15 is 0 Å². The van der Waals surface area contributed by atoms with E-state index in [1.807, 2.05) is 0 Å². The second kappa shape index (κ2) is 4.15. The monoisotopic (exact) mass is 225 g/mol. The average molecular weight is 225 g/mol. The zero-order chi connectivity index (χ0) is 11.7. The Labute approximate surface area is 103 Å². The zero-order valence-electron chi connectivity index (χ0n) is 10.4. The molecule has 1 heterocycles. The van der Waals surface area contributed by atoms with E-state index in [4.69, 9.17) is 0 Å².